The van der Waals surface area contributed by atoms with Gasteiger partial charge in [0.2, 0.25) is 0 Å². The molecule has 0 fully saturated rings. The van der Waals surface area contributed by atoms with Gasteiger partial charge in [0, 0.05) is 10.9 Å². The summed E-state index contributed by atoms with van der Waals surface area (Å²) < 4.78 is 18.6. The van der Waals surface area contributed by atoms with Crippen molar-refractivity contribution in [1.29, 1.82) is 0 Å². The summed E-state index contributed by atoms with van der Waals surface area (Å²) in [6, 6.07) is 12.8. The standard InChI is InChI=1S/C17H17Cl2FO/c1-21-17-7-4-13(10-16(17)20)9-14(11-18)8-12-2-5-15(19)6-3-12/h2-7,10,14H,8-9,11H2,1H3. The van der Waals surface area contributed by atoms with Crippen LogP contribution in [0.2, 0.25) is 5.02 Å². The molecule has 0 aromatic heterocycles. The highest BCUT2D eigenvalue weighted by Crippen LogP contribution is 2.22. The summed E-state index contributed by atoms with van der Waals surface area (Å²) in [7, 11) is 1.46. The van der Waals surface area contributed by atoms with Crippen molar-refractivity contribution in [3.8, 4) is 5.75 Å². The van der Waals surface area contributed by atoms with E-state index in [9.17, 15) is 4.39 Å². The van der Waals surface area contributed by atoms with Gasteiger partial charge in [-0.3, -0.25) is 0 Å². The molecule has 0 saturated carbocycles. The molecular weight excluding hydrogens is 310 g/mol. The van der Waals surface area contributed by atoms with Crippen LogP contribution in [0.3, 0.4) is 0 Å². The van der Waals surface area contributed by atoms with E-state index in [1.54, 1.807) is 6.07 Å². The van der Waals surface area contributed by atoms with Crippen LogP contribution in [0.25, 0.3) is 0 Å². The summed E-state index contributed by atoms with van der Waals surface area (Å²) in [6.07, 6.45) is 1.57. The SMILES string of the molecule is COc1ccc(CC(CCl)Cc2ccc(Cl)cc2)cc1F. The maximum absolute atomic E-state index is 13.7. The lowest BCUT2D eigenvalue weighted by atomic mass is 9.94. The van der Waals surface area contributed by atoms with Crippen LogP contribution >= 0.6 is 23.2 Å². The van der Waals surface area contributed by atoms with E-state index in [4.69, 9.17) is 27.9 Å². The van der Waals surface area contributed by atoms with Gasteiger partial charge in [-0.2, -0.15) is 0 Å². The van der Waals surface area contributed by atoms with Crippen LogP contribution in [0.4, 0.5) is 4.39 Å². The fraction of sp³-hybridized carbons (Fsp3) is 0.294. The van der Waals surface area contributed by atoms with Gasteiger partial charge < -0.3 is 4.74 Å². The minimum absolute atomic E-state index is 0.251. The molecule has 0 saturated heterocycles. The zero-order valence-corrected chi connectivity index (χ0v) is 13.3. The van der Waals surface area contributed by atoms with Gasteiger partial charge >= 0.3 is 0 Å². The van der Waals surface area contributed by atoms with Crippen molar-refractivity contribution in [1.82, 2.24) is 0 Å². The van der Waals surface area contributed by atoms with Gasteiger partial charge in [0.15, 0.2) is 11.6 Å². The number of alkyl halides is 1. The summed E-state index contributed by atoms with van der Waals surface area (Å²) >= 11 is 11.9. The van der Waals surface area contributed by atoms with E-state index in [1.807, 2.05) is 30.3 Å². The molecule has 0 heterocycles. The predicted molar refractivity (Wildman–Crippen MR) is 86.0 cm³/mol. The molecule has 0 spiro atoms. The second-order valence-electron chi connectivity index (χ2n) is 5.02. The predicted octanol–water partition coefficient (Wildman–Crippen LogP) is 5.13. The van der Waals surface area contributed by atoms with Crippen LogP contribution in [-0.4, -0.2) is 13.0 Å². The molecule has 2 aromatic carbocycles. The number of hydrogen-bond acceptors (Lipinski definition) is 1. The van der Waals surface area contributed by atoms with E-state index in [0.717, 1.165) is 23.4 Å². The van der Waals surface area contributed by atoms with Crippen LogP contribution in [0.5, 0.6) is 5.75 Å². The molecule has 21 heavy (non-hydrogen) atoms. The van der Waals surface area contributed by atoms with Gasteiger partial charge in [-0.1, -0.05) is 29.8 Å². The smallest absolute Gasteiger partial charge is 0.165 e. The highest BCUT2D eigenvalue weighted by molar-refractivity contribution is 6.30. The van der Waals surface area contributed by atoms with Gasteiger partial charge in [-0.05, 0) is 54.2 Å². The van der Waals surface area contributed by atoms with E-state index in [1.165, 1.54) is 18.7 Å². The number of methoxy groups -OCH3 is 1. The lowest BCUT2D eigenvalue weighted by Crippen LogP contribution is -2.10. The minimum atomic E-state index is -0.338. The second kappa shape index (κ2) is 7.67. The van der Waals surface area contributed by atoms with Crippen LogP contribution < -0.4 is 4.74 Å². The Morgan fingerprint density at radius 3 is 2.24 bits per heavy atom. The van der Waals surface area contributed by atoms with Gasteiger partial charge in [0.05, 0.1) is 7.11 Å². The molecule has 4 heteroatoms. The van der Waals surface area contributed by atoms with Crippen LogP contribution in [0, 0.1) is 11.7 Å². The maximum Gasteiger partial charge on any atom is 0.165 e. The summed E-state index contributed by atoms with van der Waals surface area (Å²) in [6.45, 7) is 0. The first-order valence-electron chi connectivity index (χ1n) is 6.75. The highest BCUT2D eigenvalue weighted by Gasteiger charge is 2.12. The van der Waals surface area contributed by atoms with E-state index >= 15 is 0 Å². The Kier molecular flexibility index (Phi) is 5.89. The van der Waals surface area contributed by atoms with Gasteiger partial charge in [-0.25, -0.2) is 4.39 Å². The molecule has 0 radical (unpaired) electrons. The number of hydrogen-bond donors (Lipinski definition) is 0. The Balaban J connectivity index is 2.05. The molecule has 0 amide bonds. The topological polar surface area (TPSA) is 9.23 Å². The minimum Gasteiger partial charge on any atom is -0.494 e. The third kappa shape index (κ3) is 4.62. The second-order valence-corrected chi connectivity index (χ2v) is 5.77. The van der Waals surface area contributed by atoms with Gasteiger partial charge in [0.1, 0.15) is 0 Å². The van der Waals surface area contributed by atoms with Crippen LogP contribution in [0.1, 0.15) is 11.1 Å². The molecule has 1 nitrogen and oxygen atoms in total. The van der Waals surface area contributed by atoms with Crippen molar-refractivity contribution in [2.75, 3.05) is 13.0 Å². The van der Waals surface area contributed by atoms with Crippen molar-refractivity contribution in [3.05, 3.63) is 64.4 Å². The summed E-state index contributed by atoms with van der Waals surface area (Å²) in [4.78, 5) is 0. The average molecular weight is 327 g/mol. The highest BCUT2D eigenvalue weighted by atomic mass is 35.5. The van der Waals surface area contributed by atoms with Crippen molar-refractivity contribution >= 4 is 23.2 Å². The fourth-order valence-corrected chi connectivity index (χ4v) is 2.65. The molecule has 1 unspecified atom stereocenters. The largest absolute Gasteiger partial charge is 0.494 e. The number of halogens is 3. The molecule has 0 aliphatic rings. The zero-order chi connectivity index (χ0) is 15.2. The van der Waals surface area contributed by atoms with E-state index < -0.39 is 0 Å². The third-order valence-corrected chi connectivity index (χ3v) is 4.08. The van der Waals surface area contributed by atoms with Gasteiger partial charge in [0.25, 0.3) is 0 Å². The van der Waals surface area contributed by atoms with E-state index in [0.29, 0.717) is 5.88 Å². The van der Waals surface area contributed by atoms with E-state index in [2.05, 4.69) is 0 Å². The Bertz CT molecular complexity index is 584. The van der Waals surface area contributed by atoms with Crippen LogP contribution in [-0.2, 0) is 12.8 Å². The van der Waals surface area contributed by atoms with E-state index in [-0.39, 0.29) is 17.5 Å². The number of rotatable bonds is 6. The molecule has 112 valence electrons. The molecule has 0 aliphatic carbocycles. The lowest BCUT2D eigenvalue weighted by molar-refractivity contribution is 0.386. The molecule has 2 aromatic rings. The molecule has 0 aliphatic heterocycles. The Morgan fingerprint density at radius 2 is 1.67 bits per heavy atom. The maximum atomic E-state index is 13.7. The fourth-order valence-electron chi connectivity index (χ4n) is 2.31. The summed E-state index contributed by atoms with van der Waals surface area (Å²) in [5, 5.41) is 0.721. The number of benzene rings is 2. The third-order valence-electron chi connectivity index (χ3n) is 3.40. The van der Waals surface area contributed by atoms with Crippen LogP contribution in [0.15, 0.2) is 42.5 Å². The number of ether oxygens (including phenoxy) is 1. The Labute approximate surface area is 134 Å². The molecular formula is C17H17Cl2FO. The van der Waals surface area contributed by atoms with Crippen molar-refractivity contribution in [2.45, 2.75) is 12.8 Å². The average Bonchev–Trinajstić information content (AvgIpc) is 2.49. The van der Waals surface area contributed by atoms with Gasteiger partial charge in [-0.15, -0.1) is 11.6 Å². The van der Waals surface area contributed by atoms with Crippen molar-refractivity contribution < 1.29 is 9.13 Å². The quantitative estimate of drug-likeness (QED) is 0.669. The van der Waals surface area contributed by atoms with Crippen molar-refractivity contribution in [2.24, 2.45) is 5.92 Å². The molecule has 2 rings (SSSR count). The lowest BCUT2D eigenvalue weighted by Gasteiger charge is -2.15. The normalized spacial score (nSPS) is 12.2. The summed E-state index contributed by atoms with van der Waals surface area (Å²) in [5.41, 5.74) is 2.10. The first kappa shape index (κ1) is 16.1. The Hall–Kier alpha value is -1.25. The summed E-state index contributed by atoms with van der Waals surface area (Å²) in [5.74, 6) is 0.699. The molecule has 0 bridgehead atoms. The first-order chi connectivity index (χ1) is 10.1. The molecule has 1 atom stereocenters. The zero-order valence-electron chi connectivity index (χ0n) is 11.8. The van der Waals surface area contributed by atoms with Crippen molar-refractivity contribution in [3.63, 3.8) is 0 Å². The first-order valence-corrected chi connectivity index (χ1v) is 7.66. The monoisotopic (exact) mass is 326 g/mol. The molecule has 0 N–H and O–H groups in total. The Morgan fingerprint density at radius 1 is 1.05 bits per heavy atom.